The number of alkyl halides is 3. The van der Waals surface area contributed by atoms with Gasteiger partial charge in [0.25, 0.3) is 0 Å². The number of halogens is 4. The van der Waals surface area contributed by atoms with Gasteiger partial charge in [-0.2, -0.15) is 13.2 Å². The van der Waals surface area contributed by atoms with Gasteiger partial charge in [0, 0.05) is 18.1 Å². The highest BCUT2D eigenvalue weighted by Crippen LogP contribution is 2.30. The highest BCUT2D eigenvalue weighted by molar-refractivity contribution is 5.85. The topological polar surface area (TPSA) is 15.3 Å². The Kier molecular flexibility index (Phi) is 4.49. The Balaban J connectivity index is 0.00000128. The summed E-state index contributed by atoms with van der Waals surface area (Å²) < 4.78 is 36.6. The molecular weight excluding hydrogens is 241 g/mol. The Morgan fingerprint density at radius 1 is 1.19 bits per heavy atom. The minimum absolute atomic E-state index is 0. The second-order valence-corrected chi connectivity index (χ2v) is 4.79. The molecule has 2 atom stereocenters. The molecule has 0 aromatic rings. The van der Waals surface area contributed by atoms with Crippen molar-refractivity contribution in [2.45, 2.75) is 50.0 Å². The second-order valence-electron chi connectivity index (χ2n) is 4.79. The molecule has 1 N–H and O–H groups in total. The van der Waals surface area contributed by atoms with Gasteiger partial charge in [0.1, 0.15) is 0 Å². The Hall–Kier alpha value is 0. The lowest BCUT2D eigenvalue weighted by molar-refractivity contribution is -0.148. The molecule has 0 saturated carbocycles. The lowest BCUT2D eigenvalue weighted by Gasteiger charge is -2.35. The predicted octanol–water partition coefficient (Wildman–Crippen LogP) is 2.19. The second kappa shape index (κ2) is 5.10. The molecule has 2 bridgehead atoms. The first kappa shape index (κ1) is 14.1. The Morgan fingerprint density at radius 3 is 2.12 bits per heavy atom. The molecule has 16 heavy (non-hydrogen) atoms. The van der Waals surface area contributed by atoms with Gasteiger partial charge in [-0.3, -0.25) is 4.90 Å². The molecule has 0 amide bonds. The van der Waals surface area contributed by atoms with Crippen molar-refractivity contribution >= 4 is 12.4 Å². The predicted molar refractivity (Wildman–Crippen MR) is 58.9 cm³/mol. The van der Waals surface area contributed by atoms with Gasteiger partial charge < -0.3 is 5.32 Å². The highest BCUT2D eigenvalue weighted by atomic mass is 35.5. The highest BCUT2D eigenvalue weighted by Gasteiger charge is 2.38. The molecule has 2 unspecified atom stereocenters. The fourth-order valence-electron chi connectivity index (χ4n) is 2.80. The van der Waals surface area contributed by atoms with Crippen LogP contribution < -0.4 is 5.32 Å². The lowest BCUT2D eigenvalue weighted by atomic mass is 9.98. The average Bonchev–Trinajstić information content (AvgIpc) is 2.42. The molecule has 0 aliphatic carbocycles. The lowest BCUT2D eigenvalue weighted by Crippen LogP contribution is -2.49. The van der Waals surface area contributed by atoms with Crippen LogP contribution in [0.25, 0.3) is 0 Å². The van der Waals surface area contributed by atoms with Gasteiger partial charge in [-0.25, -0.2) is 0 Å². The summed E-state index contributed by atoms with van der Waals surface area (Å²) in [5, 5.41) is 3.43. The number of nitrogens with zero attached hydrogens (tertiary/aromatic N) is 1. The standard InChI is InChI=1S/C10H17F3N2.ClH/c1-15(6-10(11,12)13)9-4-7-2-3-8(5-9)14-7;/h7-9,14H,2-6H2,1H3;1H. The normalized spacial score (nSPS) is 33.9. The third-order valence-corrected chi connectivity index (χ3v) is 3.50. The molecule has 6 heteroatoms. The summed E-state index contributed by atoms with van der Waals surface area (Å²) in [5.41, 5.74) is 0. The van der Waals surface area contributed by atoms with Crippen LogP contribution in [0.3, 0.4) is 0 Å². The molecular formula is C10H18ClF3N2. The van der Waals surface area contributed by atoms with E-state index in [1.54, 1.807) is 7.05 Å². The van der Waals surface area contributed by atoms with Gasteiger partial charge in [0.2, 0.25) is 0 Å². The summed E-state index contributed by atoms with van der Waals surface area (Å²) in [6.45, 7) is -0.781. The summed E-state index contributed by atoms with van der Waals surface area (Å²) in [5.74, 6) is 0. The van der Waals surface area contributed by atoms with Crippen molar-refractivity contribution in [3.8, 4) is 0 Å². The molecule has 2 nitrogen and oxygen atoms in total. The van der Waals surface area contributed by atoms with Crippen molar-refractivity contribution in [1.82, 2.24) is 10.2 Å². The molecule has 0 radical (unpaired) electrons. The van der Waals surface area contributed by atoms with Crippen LogP contribution in [0.1, 0.15) is 25.7 Å². The van der Waals surface area contributed by atoms with Crippen LogP contribution in [0.15, 0.2) is 0 Å². The summed E-state index contributed by atoms with van der Waals surface area (Å²) >= 11 is 0. The van der Waals surface area contributed by atoms with Gasteiger partial charge in [-0.15, -0.1) is 12.4 Å². The van der Waals surface area contributed by atoms with E-state index < -0.39 is 12.7 Å². The maximum absolute atomic E-state index is 12.2. The molecule has 2 fully saturated rings. The number of fused-ring (bicyclic) bond motifs is 2. The van der Waals surface area contributed by atoms with E-state index in [9.17, 15) is 13.2 Å². The fourth-order valence-corrected chi connectivity index (χ4v) is 2.80. The van der Waals surface area contributed by atoms with Crippen molar-refractivity contribution in [2.75, 3.05) is 13.6 Å². The van der Waals surface area contributed by atoms with Crippen molar-refractivity contribution in [1.29, 1.82) is 0 Å². The van der Waals surface area contributed by atoms with E-state index in [1.807, 2.05) is 0 Å². The van der Waals surface area contributed by atoms with Gasteiger partial charge in [0.05, 0.1) is 6.54 Å². The number of rotatable bonds is 2. The van der Waals surface area contributed by atoms with Gasteiger partial charge >= 0.3 is 6.18 Å². The van der Waals surface area contributed by atoms with Crippen LogP contribution in [-0.4, -0.2) is 42.8 Å². The third-order valence-electron chi connectivity index (χ3n) is 3.50. The maximum Gasteiger partial charge on any atom is 0.401 e. The summed E-state index contributed by atoms with van der Waals surface area (Å²) in [7, 11) is 1.59. The quantitative estimate of drug-likeness (QED) is 0.817. The minimum atomic E-state index is -4.07. The van der Waals surface area contributed by atoms with E-state index in [0.29, 0.717) is 12.1 Å². The van der Waals surface area contributed by atoms with E-state index >= 15 is 0 Å². The molecule has 2 aliphatic heterocycles. The Morgan fingerprint density at radius 2 is 1.69 bits per heavy atom. The van der Waals surface area contributed by atoms with Crippen LogP contribution in [0.4, 0.5) is 13.2 Å². The summed E-state index contributed by atoms with van der Waals surface area (Å²) in [4.78, 5) is 1.46. The smallest absolute Gasteiger partial charge is 0.311 e. The molecule has 2 aliphatic rings. The van der Waals surface area contributed by atoms with Crippen LogP contribution >= 0.6 is 12.4 Å². The largest absolute Gasteiger partial charge is 0.401 e. The van der Waals surface area contributed by atoms with Gasteiger partial charge in [0.15, 0.2) is 0 Å². The van der Waals surface area contributed by atoms with E-state index in [-0.39, 0.29) is 18.4 Å². The van der Waals surface area contributed by atoms with Gasteiger partial charge in [-0.05, 0) is 32.7 Å². The van der Waals surface area contributed by atoms with Crippen molar-refractivity contribution in [2.24, 2.45) is 0 Å². The minimum Gasteiger partial charge on any atom is -0.311 e. The van der Waals surface area contributed by atoms with Crippen molar-refractivity contribution in [3.63, 3.8) is 0 Å². The zero-order valence-corrected chi connectivity index (χ0v) is 10.1. The van der Waals surface area contributed by atoms with Crippen molar-refractivity contribution in [3.05, 3.63) is 0 Å². The monoisotopic (exact) mass is 258 g/mol. The van der Waals surface area contributed by atoms with Crippen LogP contribution in [0.5, 0.6) is 0 Å². The first-order chi connectivity index (χ1) is 6.94. The SMILES string of the molecule is CN(CC(F)(F)F)C1CC2CCC(C1)N2.Cl. The van der Waals surface area contributed by atoms with Gasteiger partial charge in [-0.1, -0.05) is 0 Å². The van der Waals surface area contributed by atoms with Crippen LogP contribution in [-0.2, 0) is 0 Å². The number of hydrogen-bond donors (Lipinski definition) is 1. The molecule has 2 heterocycles. The van der Waals surface area contributed by atoms with Crippen molar-refractivity contribution < 1.29 is 13.2 Å². The van der Waals surface area contributed by atoms with Crippen LogP contribution in [0, 0.1) is 0 Å². The molecule has 0 aromatic heterocycles. The zero-order chi connectivity index (χ0) is 11.1. The number of piperidine rings is 1. The molecule has 0 aromatic carbocycles. The first-order valence-electron chi connectivity index (χ1n) is 5.47. The first-order valence-corrected chi connectivity index (χ1v) is 5.47. The molecule has 2 saturated heterocycles. The van der Waals surface area contributed by atoms with E-state index in [4.69, 9.17) is 0 Å². The molecule has 96 valence electrons. The summed E-state index contributed by atoms with van der Waals surface area (Å²) in [6, 6.07) is 0.999. The Labute approximate surface area is 100.0 Å². The maximum atomic E-state index is 12.2. The Bertz CT molecular complexity index is 223. The fraction of sp³-hybridized carbons (Fsp3) is 1.00. The molecule has 0 spiro atoms. The zero-order valence-electron chi connectivity index (χ0n) is 9.26. The number of hydrogen-bond acceptors (Lipinski definition) is 2. The van der Waals surface area contributed by atoms with Crippen LogP contribution in [0.2, 0.25) is 0 Å². The van der Waals surface area contributed by atoms with E-state index in [1.165, 1.54) is 4.90 Å². The average molecular weight is 259 g/mol. The summed E-state index contributed by atoms with van der Waals surface area (Å²) in [6.07, 6.45) is -0.0904. The molecule has 2 rings (SSSR count). The number of nitrogens with one attached hydrogen (secondary N) is 1. The van der Waals surface area contributed by atoms with E-state index in [0.717, 1.165) is 25.7 Å². The third kappa shape index (κ3) is 3.50. The van der Waals surface area contributed by atoms with E-state index in [2.05, 4.69) is 5.32 Å².